The molecule has 27 heavy (non-hydrogen) atoms. The molecule has 3 heterocycles. The molecule has 0 atom stereocenters. The quantitative estimate of drug-likeness (QED) is 0.396. The fourth-order valence-electron chi connectivity index (χ4n) is 1.05. The minimum Gasteiger partial charge on any atom is -0.693 e. The van der Waals surface area contributed by atoms with Crippen LogP contribution in [-0.2, 0) is 45.1 Å². The summed E-state index contributed by atoms with van der Waals surface area (Å²) in [6.45, 7) is 0. The van der Waals surface area contributed by atoms with Gasteiger partial charge in [0, 0.05) is 0 Å². The second-order valence-corrected chi connectivity index (χ2v) is 4.55. The molecule has 0 aliphatic carbocycles. The van der Waals surface area contributed by atoms with E-state index in [1.807, 2.05) is 0 Å². The second-order valence-electron chi connectivity index (χ2n) is 3.68. The number of aromatic hydroxyl groups is 2. The molecule has 1 aliphatic heterocycles. The molecule has 0 saturated heterocycles. The summed E-state index contributed by atoms with van der Waals surface area (Å²) in [7, 11) is 0. The van der Waals surface area contributed by atoms with Crippen LogP contribution in [0.25, 0.3) is 16.8 Å². The Morgan fingerprint density at radius 1 is 0.704 bits per heavy atom. The molecule has 13 heteroatoms. The summed E-state index contributed by atoms with van der Waals surface area (Å²) in [5.74, 6) is 0.240. The van der Waals surface area contributed by atoms with Crippen LogP contribution < -0.4 is 9.97 Å². The van der Waals surface area contributed by atoms with E-state index < -0.39 is 0 Å². The summed E-state index contributed by atoms with van der Waals surface area (Å²) >= 11 is 10.9. The van der Waals surface area contributed by atoms with Crippen LogP contribution in [0.5, 0.6) is 11.8 Å². The standard InChI is InChI=1S/2C5H4ClNO.C4H4N2.2Cu.H2N.2H2O/c2*6-4-1-2-5(8)7-3-4;1-2-6-4-3-5-1;;;;;/h2*1-3H,(H,7,8);1-4H;;;3*1H2/q;;-2;+1;+2;-1;;/p+4. The first kappa shape index (κ1) is 36.4. The third-order valence-electron chi connectivity index (χ3n) is 1.99. The molecule has 2 aromatic heterocycles. The summed E-state index contributed by atoms with van der Waals surface area (Å²) in [6.07, 6.45) is 9.58. The van der Waals surface area contributed by atoms with Crippen LogP contribution in [0.2, 0.25) is 10.0 Å². The van der Waals surface area contributed by atoms with Crippen molar-refractivity contribution in [2.24, 2.45) is 0 Å². The molecule has 0 bridgehead atoms. The molecular formula is C14H22Cl2Cu2N5O4+4. The number of rotatable bonds is 0. The van der Waals surface area contributed by atoms with E-state index in [4.69, 9.17) is 33.4 Å². The van der Waals surface area contributed by atoms with Crippen molar-refractivity contribution in [1.82, 2.24) is 0 Å². The fourth-order valence-corrected chi connectivity index (χ4v) is 1.28. The van der Waals surface area contributed by atoms with Gasteiger partial charge >= 0.3 is 45.9 Å². The molecule has 9 nitrogen and oxygen atoms in total. The van der Waals surface area contributed by atoms with Crippen LogP contribution in [-0.4, -0.2) is 10.2 Å². The monoisotopic (exact) mass is 520 g/mol. The van der Waals surface area contributed by atoms with Crippen molar-refractivity contribution in [3.63, 3.8) is 0 Å². The number of nitrogens with two attached hydrogens (primary N) is 1. The molecule has 159 valence electrons. The zero-order valence-corrected chi connectivity index (χ0v) is 17.0. The van der Waals surface area contributed by atoms with E-state index in [2.05, 4.69) is 20.6 Å². The van der Waals surface area contributed by atoms with Gasteiger partial charge in [-0.3, -0.25) is 0 Å². The van der Waals surface area contributed by atoms with E-state index in [9.17, 15) is 0 Å². The van der Waals surface area contributed by atoms with E-state index in [1.54, 1.807) is 36.9 Å². The SMILES string of the molecule is C1=C[N-]C=C[N-]1.Oc1ccc(Cl)c[nH+]1.Oc1ccc(Cl)c[nH+]1.[Cu+2].[Cu+].[NH2-].[OH3+].[OH3+]. The average Bonchev–Trinajstić information content (AvgIpc) is 2.56. The number of hydrogen-bond acceptors (Lipinski definition) is 2. The minimum atomic E-state index is 0. The predicted octanol–water partition coefficient (Wildman–Crippen LogP) is 2.28. The predicted molar refractivity (Wildman–Crippen MR) is 99.4 cm³/mol. The number of aromatic amines is 2. The molecule has 0 unspecified atom stereocenters. The van der Waals surface area contributed by atoms with Gasteiger partial charge in [0.25, 0.3) is 0 Å². The first-order valence-electron chi connectivity index (χ1n) is 6.00. The normalized spacial score (nSPS) is 8.96. The Balaban J connectivity index is -0.0000000827. The maximum Gasteiger partial charge on any atom is 2.00 e. The topological polar surface area (TPSA) is 196 Å². The molecule has 0 amide bonds. The van der Waals surface area contributed by atoms with Gasteiger partial charge in [-0.15, -0.1) is 0 Å². The molecule has 0 saturated carbocycles. The van der Waals surface area contributed by atoms with Gasteiger partial charge < -0.3 is 37.9 Å². The number of aromatic nitrogens is 2. The van der Waals surface area contributed by atoms with Crippen molar-refractivity contribution >= 4 is 23.2 Å². The van der Waals surface area contributed by atoms with Crippen molar-refractivity contribution < 1.29 is 65.3 Å². The van der Waals surface area contributed by atoms with Gasteiger partial charge in [-0.05, 0) is 12.1 Å². The fraction of sp³-hybridized carbons (Fsp3) is 0. The Kier molecular flexibility index (Phi) is 30.4. The number of H-pyrrole nitrogens is 2. The van der Waals surface area contributed by atoms with Crippen molar-refractivity contribution in [2.75, 3.05) is 0 Å². The molecule has 12 N–H and O–H groups in total. The largest absolute Gasteiger partial charge is 2.00 e. The first-order valence-corrected chi connectivity index (χ1v) is 6.76. The molecule has 1 aliphatic rings. The molecule has 0 spiro atoms. The van der Waals surface area contributed by atoms with Crippen molar-refractivity contribution in [1.29, 1.82) is 0 Å². The Bertz CT molecular complexity index is 514. The van der Waals surface area contributed by atoms with Crippen molar-refractivity contribution in [2.45, 2.75) is 0 Å². The third-order valence-corrected chi connectivity index (χ3v) is 2.46. The molecule has 1 radical (unpaired) electrons. The minimum absolute atomic E-state index is 0. The van der Waals surface area contributed by atoms with Gasteiger partial charge in [-0.2, -0.15) is 34.8 Å². The van der Waals surface area contributed by atoms with Gasteiger partial charge in [-0.25, -0.2) is 0 Å². The van der Waals surface area contributed by atoms with E-state index in [1.165, 1.54) is 24.5 Å². The smallest absolute Gasteiger partial charge is 0.693 e. The van der Waals surface area contributed by atoms with Gasteiger partial charge in [0.05, 0.1) is 12.1 Å². The van der Waals surface area contributed by atoms with Gasteiger partial charge in [0.15, 0.2) is 12.4 Å². The summed E-state index contributed by atoms with van der Waals surface area (Å²) < 4.78 is 0. The van der Waals surface area contributed by atoms with Gasteiger partial charge in [-0.1, -0.05) is 23.2 Å². The number of nitrogens with one attached hydrogen (secondary N) is 2. The molecular weight excluding hydrogens is 500 g/mol. The van der Waals surface area contributed by atoms with E-state index in [0.717, 1.165) is 0 Å². The van der Waals surface area contributed by atoms with E-state index in [-0.39, 0.29) is 63.0 Å². The summed E-state index contributed by atoms with van der Waals surface area (Å²) in [4.78, 5) is 5.05. The van der Waals surface area contributed by atoms with Gasteiger partial charge in [0.2, 0.25) is 0 Å². The van der Waals surface area contributed by atoms with Crippen molar-refractivity contribution in [3.05, 3.63) is 88.3 Å². The molecule has 3 rings (SSSR count). The van der Waals surface area contributed by atoms with Crippen molar-refractivity contribution in [3.8, 4) is 11.8 Å². The molecule has 0 fully saturated rings. The Morgan fingerprint density at radius 3 is 1.15 bits per heavy atom. The van der Waals surface area contributed by atoms with Crippen LogP contribution in [0.15, 0.2) is 61.5 Å². The van der Waals surface area contributed by atoms with E-state index in [0.29, 0.717) is 10.0 Å². The Labute approximate surface area is 188 Å². The Hall–Kier alpha value is -1.52. The molecule has 2 aromatic rings. The van der Waals surface area contributed by atoms with Gasteiger partial charge in [0.1, 0.15) is 10.0 Å². The number of pyridine rings is 2. The molecule has 0 aromatic carbocycles. The summed E-state index contributed by atoms with van der Waals surface area (Å²) in [6, 6.07) is 6.19. The maximum atomic E-state index is 8.64. The van der Waals surface area contributed by atoms with Crippen LogP contribution in [0.3, 0.4) is 0 Å². The summed E-state index contributed by atoms with van der Waals surface area (Å²) in [5.41, 5.74) is 0. The maximum absolute atomic E-state index is 8.64. The van der Waals surface area contributed by atoms with Crippen LogP contribution >= 0.6 is 23.2 Å². The summed E-state index contributed by atoms with van der Waals surface area (Å²) in [5, 5.41) is 25.9. The number of nitrogens with zero attached hydrogens (tertiary/aromatic N) is 2. The Morgan fingerprint density at radius 2 is 1.00 bits per heavy atom. The zero-order chi connectivity index (χ0) is 16.2. The third kappa shape index (κ3) is 20.6. The van der Waals surface area contributed by atoms with Crippen LogP contribution in [0.1, 0.15) is 0 Å². The number of halogens is 2. The number of hydrogen-bond donors (Lipinski definition) is 2. The zero-order valence-electron chi connectivity index (χ0n) is 13.7. The first-order chi connectivity index (χ1) is 10.6. The van der Waals surface area contributed by atoms with E-state index >= 15 is 0 Å². The van der Waals surface area contributed by atoms with Crippen LogP contribution in [0.4, 0.5) is 0 Å². The van der Waals surface area contributed by atoms with Crippen LogP contribution in [0, 0.1) is 0 Å². The second kappa shape index (κ2) is 22.5. The average molecular weight is 522 g/mol.